The molecule has 1 aliphatic rings. The molecule has 1 atom stereocenters. The lowest BCUT2D eigenvalue weighted by Crippen LogP contribution is -2.53. The van der Waals surface area contributed by atoms with Crippen LogP contribution in [-0.2, 0) is 4.79 Å². The zero-order valence-electron chi connectivity index (χ0n) is 15.7. The van der Waals surface area contributed by atoms with Crippen molar-refractivity contribution < 1.29 is 13.6 Å². The Bertz CT molecular complexity index is 817. The molecule has 2 aromatic rings. The summed E-state index contributed by atoms with van der Waals surface area (Å²) in [5.41, 5.74) is 0.758. The molecule has 144 valence electrons. The third-order valence-corrected chi connectivity index (χ3v) is 5.44. The number of aromatic nitrogens is 2. The number of hydrogen-bond donors (Lipinski definition) is 0. The minimum absolute atomic E-state index is 0.0388. The summed E-state index contributed by atoms with van der Waals surface area (Å²) in [5, 5.41) is 17.7. The number of piperazine rings is 1. The molecule has 0 bridgehead atoms. The molecule has 1 saturated heterocycles. The monoisotopic (exact) mass is 389 g/mol. The highest BCUT2D eigenvalue weighted by Gasteiger charge is 2.28. The van der Waals surface area contributed by atoms with Crippen LogP contribution in [0.1, 0.15) is 19.6 Å². The van der Waals surface area contributed by atoms with E-state index in [4.69, 9.17) is 8.83 Å². The number of carbonyl (C=O) groups excluding carboxylic acids is 1. The maximum atomic E-state index is 12.5. The lowest BCUT2D eigenvalue weighted by atomic mass is 10.0. The van der Waals surface area contributed by atoms with Crippen molar-refractivity contribution in [2.45, 2.75) is 32.0 Å². The van der Waals surface area contributed by atoms with Gasteiger partial charge in [0.1, 0.15) is 11.8 Å². The SMILES string of the molecule is Cc1occc1-c1nnc(SCC(=O)N2CCN(C(C#N)C(C)C)CC2)o1. The van der Waals surface area contributed by atoms with Crippen LogP contribution >= 0.6 is 11.8 Å². The van der Waals surface area contributed by atoms with E-state index in [0.717, 1.165) is 18.7 Å². The summed E-state index contributed by atoms with van der Waals surface area (Å²) in [6.45, 7) is 8.62. The molecule has 2 aromatic heterocycles. The fourth-order valence-corrected chi connectivity index (χ4v) is 3.77. The van der Waals surface area contributed by atoms with Crippen molar-refractivity contribution in [3.05, 3.63) is 18.1 Å². The molecule has 27 heavy (non-hydrogen) atoms. The molecule has 0 aromatic carbocycles. The summed E-state index contributed by atoms with van der Waals surface area (Å²) >= 11 is 1.23. The van der Waals surface area contributed by atoms with Crippen molar-refractivity contribution in [2.75, 3.05) is 31.9 Å². The standard InChI is InChI=1S/C18H23N5O3S/c1-12(2)15(10-19)22-5-7-23(8-6-22)16(24)11-27-18-21-20-17(26-18)14-4-9-25-13(14)3/h4,9,12,15H,5-8,11H2,1-3H3. The van der Waals surface area contributed by atoms with Gasteiger partial charge in [-0.2, -0.15) is 5.26 Å². The molecule has 1 amide bonds. The number of aryl methyl sites for hydroxylation is 1. The van der Waals surface area contributed by atoms with Crippen LogP contribution in [0.15, 0.2) is 26.4 Å². The molecular formula is C18H23N5O3S. The molecule has 1 aliphatic heterocycles. The average molecular weight is 389 g/mol. The van der Waals surface area contributed by atoms with Gasteiger partial charge in [0.25, 0.3) is 11.1 Å². The molecule has 1 unspecified atom stereocenters. The molecule has 9 heteroatoms. The minimum atomic E-state index is -0.0974. The quantitative estimate of drug-likeness (QED) is 0.695. The van der Waals surface area contributed by atoms with Crippen molar-refractivity contribution in [3.63, 3.8) is 0 Å². The zero-order valence-corrected chi connectivity index (χ0v) is 16.5. The molecule has 0 radical (unpaired) electrons. The van der Waals surface area contributed by atoms with E-state index in [1.54, 1.807) is 12.3 Å². The topological polar surface area (TPSA) is 99.4 Å². The molecular weight excluding hydrogens is 366 g/mol. The highest BCUT2D eigenvalue weighted by atomic mass is 32.2. The molecule has 3 rings (SSSR count). The second-order valence-corrected chi connectivity index (χ2v) is 7.71. The molecule has 0 aliphatic carbocycles. The Kier molecular flexibility index (Phi) is 6.19. The van der Waals surface area contributed by atoms with Gasteiger partial charge in [0.2, 0.25) is 5.91 Å². The second kappa shape index (κ2) is 8.59. The molecule has 3 heterocycles. The third-order valence-electron chi connectivity index (χ3n) is 4.64. The van der Waals surface area contributed by atoms with Crippen LogP contribution in [0, 0.1) is 24.2 Å². The summed E-state index contributed by atoms with van der Waals surface area (Å²) in [5.74, 6) is 1.66. The van der Waals surface area contributed by atoms with Gasteiger partial charge in [0.05, 0.1) is 23.6 Å². The molecule has 0 spiro atoms. The van der Waals surface area contributed by atoms with Crippen LogP contribution in [0.5, 0.6) is 0 Å². The van der Waals surface area contributed by atoms with Gasteiger partial charge in [-0.15, -0.1) is 10.2 Å². The van der Waals surface area contributed by atoms with Crippen LogP contribution < -0.4 is 0 Å². The number of amides is 1. The molecule has 1 fully saturated rings. The lowest BCUT2D eigenvalue weighted by molar-refractivity contribution is -0.130. The fourth-order valence-electron chi connectivity index (χ4n) is 3.10. The third kappa shape index (κ3) is 4.51. The van der Waals surface area contributed by atoms with E-state index in [9.17, 15) is 10.1 Å². The number of nitriles is 1. The van der Waals surface area contributed by atoms with Crippen LogP contribution in [-0.4, -0.2) is 63.9 Å². The first-order valence-corrected chi connectivity index (χ1v) is 9.90. The van der Waals surface area contributed by atoms with Crippen LogP contribution in [0.2, 0.25) is 0 Å². The Balaban J connectivity index is 1.49. The van der Waals surface area contributed by atoms with E-state index in [1.165, 1.54) is 11.8 Å². The Hall–Kier alpha value is -2.31. The highest BCUT2D eigenvalue weighted by molar-refractivity contribution is 7.99. The lowest BCUT2D eigenvalue weighted by Gasteiger charge is -2.38. The van der Waals surface area contributed by atoms with Gasteiger partial charge in [-0.1, -0.05) is 25.6 Å². The number of hydrogen-bond acceptors (Lipinski definition) is 8. The van der Waals surface area contributed by atoms with E-state index in [-0.39, 0.29) is 23.6 Å². The minimum Gasteiger partial charge on any atom is -0.469 e. The van der Waals surface area contributed by atoms with Crippen molar-refractivity contribution in [3.8, 4) is 17.5 Å². The van der Waals surface area contributed by atoms with Crippen molar-refractivity contribution in [2.24, 2.45) is 5.92 Å². The zero-order chi connectivity index (χ0) is 19.4. The van der Waals surface area contributed by atoms with E-state index >= 15 is 0 Å². The summed E-state index contributed by atoms with van der Waals surface area (Å²) in [6.07, 6.45) is 1.57. The summed E-state index contributed by atoms with van der Waals surface area (Å²) in [6, 6.07) is 4.04. The number of nitrogens with zero attached hydrogens (tertiary/aromatic N) is 5. The molecule has 0 saturated carbocycles. The Morgan fingerprint density at radius 1 is 1.33 bits per heavy atom. The maximum Gasteiger partial charge on any atom is 0.277 e. The summed E-state index contributed by atoms with van der Waals surface area (Å²) in [4.78, 5) is 16.4. The summed E-state index contributed by atoms with van der Waals surface area (Å²) < 4.78 is 10.8. The van der Waals surface area contributed by atoms with E-state index in [2.05, 4.69) is 21.2 Å². The van der Waals surface area contributed by atoms with Crippen LogP contribution in [0.25, 0.3) is 11.5 Å². The van der Waals surface area contributed by atoms with Crippen molar-refractivity contribution in [1.82, 2.24) is 20.0 Å². The largest absolute Gasteiger partial charge is 0.469 e. The predicted octanol–water partition coefficient (Wildman–Crippen LogP) is 2.42. The molecule has 0 N–H and O–H groups in total. The highest BCUT2D eigenvalue weighted by Crippen LogP contribution is 2.26. The second-order valence-electron chi connectivity index (χ2n) is 6.79. The first-order chi connectivity index (χ1) is 13.0. The fraction of sp³-hybridized carbons (Fsp3) is 0.556. The van der Waals surface area contributed by atoms with Crippen molar-refractivity contribution >= 4 is 17.7 Å². The summed E-state index contributed by atoms with van der Waals surface area (Å²) in [7, 11) is 0. The van der Waals surface area contributed by atoms with Gasteiger partial charge in [0, 0.05) is 26.2 Å². The number of furan rings is 1. The Labute approximate surface area is 162 Å². The number of rotatable bonds is 6. The van der Waals surface area contributed by atoms with Gasteiger partial charge in [-0.25, -0.2) is 0 Å². The van der Waals surface area contributed by atoms with E-state index in [1.807, 2.05) is 25.7 Å². The Morgan fingerprint density at radius 2 is 2.07 bits per heavy atom. The number of thioether (sulfide) groups is 1. The first kappa shape index (κ1) is 19.5. The van der Waals surface area contributed by atoms with E-state index in [0.29, 0.717) is 30.0 Å². The van der Waals surface area contributed by atoms with Gasteiger partial charge in [-0.3, -0.25) is 9.69 Å². The van der Waals surface area contributed by atoms with Gasteiger partial charge in [-0.05, 0) is 18.9 Å². The van der Waals surface area contributed by atoms with Crippen molar-refractivity contribution in [1.29, 1.82) is 5.26 Å². The van der Waals surface area contributed by atoms with Gasteiger partial charge >= 0.3 is 0 Å². The van der Waals surface area contributed by atoms with Crippen LogP contribution in [0.4, 0.5) is 0 Å². The normalized spacial score (nSPS) is 16.5. The smallest absolute Gasteiger partial charge is 0.277 e. The predicted molar refractivity (Wildman–Crippen MR) is 99.9 cm³/mol. The molecule has 8 nitrogen and oxygen atoms in total. The van der Waals surface area contributed by atoms with Crippen LogP contribution in [0.3, 0.4) is 0 Å². The Morgan fingerprint density at radius 3 is 2.67 bits per heavy atom. The van der Waals surface area contributed by atoms with Gasteiger partial charge < -0.3 is 13.7 Å². The maximum absolute atomic E-state index is 12.5. The first-order valence-electron chi connectivity index (χ1n) is 8.91. The average Bonchev–Trinajstić information content (AvgIpc) is 3.29. The van der Waals surface area contributed by atoms with E-state index < -0.39 is 0 Å². The number of carbonyl (C=O) groups is 1. The van der Waals surface area contributed by atoms with Gasteiger partial charge in [0.15, 0.2) is 0 Å².